The summed E-state index contributed by atoms with van der Waals surface area (Å²) in [6.45, 7) is 3.81. The van der Waals surface area contributed by atoms with Crippen molar-refractivity contribution in [1.29, 1.82) is 0 Å². The van der Waals surface area contributed by atoms with Crippen LogP contribution in [-0.4, -0.2) is 14.7 Å². The van der Waals surface area contributed by atoms with Gasteiger partial charge in [-0.2, -0.15) is 0 Å². The molecular weight excluding hydrogens is 351 g/mol. The van der Waals surface area contributed by atoms with E-state index in [-0.39, 0.29) is 16.7 Å². The van der Waals surface area contributed by atoms with Crippen LogP contribution in [-0.2, 0) is 6.42 Å². The molecule has 4 aromatic rings. The molecule has 0 aliphatic carbocycles. The van der Waals surface area contributed by atoms with Crippen molar-refractivity contribution in [2.75, 3.05) is 0 Å². The van der Waals surface area contributed by atoms with Crippen LogP contribution in [0.3, 0.4) is 0 Å². The Bertz CT molecular complexity index is 1090. The van der Waals surface area contributed by atoms with Crippen LogP contribution in [0.5, 0.6) is 5.75 Å². The first-order chi connectivity index (χ1) is 12.6. The van der Waals surface area contributed by atoms with Crippen LogP contribution >= 0.6 is 11.6 Å². The average Bonchev–Trinajstić information content (AvgIpc) is 3.07. The number of rotatable bonds is 3. The van der Waals surface area contributed by atoms with E-state index in [1.54, 1.807) is 12.1 Å². The SMILES string of the molecule is [CH2]Cc1nc(Cl)c2c(c(-c3ccccc3)cn2-c2ccc(F)cc2)c1O. The quantitative estimate of drug-likeness (QED) is 0.482. The number of benzene rings is 2. The van der Waals surface area contributed by atoms with Crippen molar-refractivity contribution in [3.63, 3.8) is 0 Å². The topological polar surface area (TPSA) is 38.0 Å². The Morgan fingerprint density at radius 3 is 2.42 bits per heavy atom. The highest BCUT2D eigenvalue weighted by molar-refractivity contribution is 6.34. The Kier molecular flexibility index (Phi) is 4.13. The molecule has 1 N–H and O–H groups in total. The zero-order chi connectivity index (χ0) is 18.3. The fourth-order valence-electron chi connectivity index (χ4n) is 3.13. The van der Waals surface area contributed by atoms with E-state index in [1.165, 1.54) is 12.1 Å². The van der Waals surface area contributed by atoms with Gasteiger partial charge in [0.15, 0.2) is 5.15 Å². The summed E-state index contributed by atoms with van der Waals surface area (Å²) in [4.78, 5) is 4.29. The zero-order valence-electron chi connectivity index (χ0n) is 13.8. The summed E-state index contributed by atoms with van der Waals surface area (Å²) in [7, 11) is 0. The van der Waals surface area contributed by atoms with Gasteiger partial charge in [-0.25, -0.2) is 9.37 Å². The van der Waals surface area contributed by atoms with Gasteiger partial charge in [0.1, 0.15) is 11.6 Å². The van der Waals surface area contributed by atoms with Crippen LogP contribution in [0.2, 0.25) is 5.15 Å². The number of aromatic nitrogens is 2. The molecule has 0 fully saturated rings. The van der Waals surface area contributed by atoms with Crippen molar-refractivity contribution in [2.24, 2.45) is 0 Å². The first kappa shape index (κ1) is 16.6. The largest absolute Gasteiger partial charge is 0.505 e. The van der Waals surface area contributed by atoms with Crippen LogP contribution in [0.4, 0.5) is 4.39 Å². The molecule has 0 spiro atoms. The first-order valence-corrected chi connectivity index (χ1v) is 8.51. The molecule has 0 aliphatic rings. The maximum atomic E-state index is 13.3. The first-order valence-electron chi connectivity index (χ1n) is 8.13. The Morgan fingerprint density at radius 1 is 1.08 bits per heavy atom. The lowest BCUT2D eigenvalue weighted by molar-refractivity contribution is 0.473. The van der Waals surface area contributed by atoms with Gasteiger partial charge < -0.3 is 9.67 Å². The van der Waals surface area contributed by atoms with E-state index < -0.39 is 0 Å². The van der Waals surface area contributed by atoms with Crippen molar-refractivity contribution in [3.05, 3.63) is 84.4 Å². The summed E-state index contributed by atoms with van der Waals surface area (Å²) in [5.41, 5.74) is 3.50. The van der Waals surface area contributed by atoms with Gasteiger partial charge in [0.25, 0.3) is 0 Å². The third kappa shape index (κ3) is 2.63. The minimum atomic E-state index is -0.320. The second-order valence-electron chi connectivity index (χ2n) is 5.93. The molecule has 1 radical (unpaired) electrons. The molecule has 0 bridgehead atoms. The number of halogens is 2. The Hall–Kier alpha value is -2.85. The van der Waals surface area contributed by atoms with E-state index in [4.69, 9.17) is 11.6 Å². The van der Waals surface area contributed by atoms with Gasteiger partial charge in [0.2, 0.25) is 0 Å². The van der Waals surface area contributed by atoms with Crippen LogP contribution < -0.4 is 0 Å². The van der Waals surface area contributed by atoms with E-state index in [9.17, 15) is 9.50 Å². The third-order valence-corrected chi connectivity index (χ3v) is 4.63. The average molecular weight is 366 g/mol. The van der Waals surface area contributed by atoms with Crippen molar-refractivity contribution in [3.8, 4) is 22.6 Å². The summed E-state index contributed by atoms with van der Waals surface area (Å²) in [6.07, 6.45) is 2.20. The predicted octanol–water partition coefficient (Wildman–Crippen LogP) is 5.57. The molecular formula is C21H15ClFN2O. The molecule has 0 amide bonds. The summed E-state index contributed by atoms with van der Waals surface area (Å²) in [6, 6.07) is 15.8. The van der Waals surface area contributed by atoms with E-state index in [0.717, 1.165) is 16.8 Å². The molecule has 0 aliphatic heterocycles. The van der Waals surface area contributed by atoms with Crippen LogP contribution in [0.25, 0.3) is 27.7 Å². The molecule has 2 heterocycles. The molecule has 2 aromatic carbocycles. The maximum absolute atomic E-state index is 13.3. The van der Waals surface area contributed by atoms with E-state index >= 15 is 0 Å². The van der Waals surface area contributed by atoms with E-state index in [1.807, 2.05) is 41.1 Å². The number of hydrogen-bond acceptors (Lipinski definition) is 2. The van der Waals surface area contributed by atoms with Crippen molar-refractivity contribution in [1.82, 2.24) is 9.55 Å². The second-order valence-corrected chi connectivity index (χ2v) is 6.28. The molecule has 0 atom stereocenters. The number of aromatic hydroxyl groups is 1. The fraction of sp³-hybridized carbons (Fsp3) is 0.0476. The minimum absolute atomic E-state index is 0.0686. The molecule has 0 unspecified atom stereocenters. The Morgan fingerprint density at radius 2 is 1.77 bits per heavy atom. The van der Waals surface area contributed by atoms with Gasteiger partial charge >= 0.3 is 0 Å². The Balaban J connectivity index is 2.11. The second kappa shape index (κ2) is 6.46. The molecule has 0 saturated carbocycles. The highest BCUT2D eigenvalue weighted by Crippen LogP contribution is 2.41. The number of nitrogens with zero attached hydrogens (tertiary/aromatic N) is 2. The zero-order valence-corrected chi connectivity index (χ0v) is 14.5. The molecule has 5 heteroatoms. The van der Waals surface area contributed by atoms with Crippen molar-refractivity contribution in [2.45, 2.75) is 6.42 Å². The molecule has 2 aromatic heterocycles. The number of pyridine rings is 1. The minimum Gasteiger partial charge on any atom is -0.505 e. The third-order valence-electron chi connectivity index (χ3n) is 4.37. The standard InChI is InChI=1S/C21H15ClFN2O/c1-2-17-20(26)18-16(13-6-4-3-5-7-13)12-25(19(18)21(22)24-17)15-10-8-14(23)9-11-15/h3-12,26H,1-2H2. The van der Waals surface area contributed by atoms with Crippen LogP contribution in [0, 0.1) is 12.7 Å². The number of fused-ring (bicyclic) bond motifs is 1. The smallest absolute Gasteiger partial charge is 0.154 e. The van der Waals surface area contributed by atoms with Crippen LogP contribution in [0.1, 0.15) is 5.69 Å². The van der Waals surface area contributed by atoms with Gasteiger partial charge in [-0.3, -0.25) is 0 Å². The van der Waals surface area contributed by atoms with Gasteiger partial charge in [0, 0.05) is 17.4 Å². The maximum Gasteiger partial charge on any atom is 0.154 e. The molecule has 3 nitrogen and oxygen atoms in total. The van der Waals surface area contributed by atoms with Gasteiger partial charge in [0.05, 0.1) is 16.6 Å². The summed E-state index contributed by atoms with van der Waals surface area (Å²) in [5.74, 6) is -0.251. The monoisotopic (exact) mass is 365 g/mol. The molecule has 0 saturated heterocycles. The molecule has 4 rings (SSSR count). The van der Waals surface area contributed by atoms with Gasteiger partial charge in [-0.1, -0.05) is 41.9 Å². The van der Waals surface area contributed by atoms with Crippen molar-refractivity contribution < 1.29 is 9.50 Å². The lowest BCUT2D eigenvalue weighted by atomic mass is 10.0. The highest BCUT2D eigenvalue weighted by atomic mass is 35.5. The molecule has 129 valence electrons. The lowest BCUT2D eigenvalue weighted by Gasteiger charge is -2.09. The van der Waals surface area contributed by atoms with E-state index in [2.05, 4.69) is 11.9 Å². The van der Waals surface area contributed by atoms with Gasteiger partial charge in [-0.15, -0.1) is 0 Å². The highest BCUT2D eigenvalue weighted by Gasteiger charge is 2.21. The summed E-state index contributed by atoms with van der Waals surface area (Å²) in [5, 5.41) is 11.7. The van der Waals surface area contributed by atoms with Crippen LogP contribution in [0.15, 0.2) is 60.8 Å². The molecule has 26 heavy (non-hydrogen) atoms. The van der Waals surface area contributed by atoms with E-state index in [0.29, 0.717) is 23.0 Å². The predicted molar refractivity (Wildman–Crippen MR) is 102 cm³/mol. The van der Waals surface area contributed by atoms with Gasteiger partial charge in [-0.05, 0) is 43.2 Å². The lowest BCUT2D eigenvalue weighted by Crippen LogP contribution is -1.96. The summed E-state index contributed by atoms with van der Waals surface area (Å²) >= 11 is 6.46. The van der Waals surface area contributed by atoms with Crippen molar-refractivity contribution >= 4 is 22.5 Å². The Labute approximate surface area is 155 Å². The fourth-order valence-corrected chi connectivity index (χ4v) is 3.42. The number of hydrogen-bond donors (Lipinski definition) is 1. The normalized spacial score (nSPS) is 11.2. The summed E-state index contributed by atoms with van der Waals surface area (Å²) < 4.78 is 15.2.